The van der Waals surface area contributed by atoms with E-state index >= 15 is 0 Å². The van der Waals surface area contributed by atoms with E-state index in [1.165, 1.54) is 55.6 Å². The minimum atomic E-state index is -4.50. The predicted molar refractivity (Wildman–Crippen MR) is 98.0 cm³/mol. The second kappa shape index (κ2) is 8.70. The summed E-state index contributed by atoms with van der Waals surface area (Å²) in [7, 11) is -2.44. The Morgan fingerprint density at radius 2 is 1.68 bits per heavy atom. The van der Waals surface area contributed by atoms with E-state index in [-0.39, 0.29) is 10.6 Å². The first kappa shape index (κ1) is 21.8. The first-order valence-corrected chi connectivity index (χ1v) is 9.62. The summed E-state index contributed by atoms with van der Waals surface area (Å²) in [5.41, 5.74) is 0.323. The molecule has 0 bridgehead atoms. The van der Waals surface area contributed by atoms with Crippen molar-refractivity contribution >= 4 is 33.2 Å². The van der Waals surface area contributed by atoms with Crippen LogP contribution in [0.1, 0.15) is 0 Å². The van der Waals surface area contributed by atoms with Crippen LogP contribution in [0.2, 0.25) is 5.02 Å². The molecule has 2 aromatic carbocycles. The molecule has 0 atom stereocenters. The molecule has 6 nitrogen and oxygen atoms in total. The van der Waals surface area contributed by atoms with E-state index in [2.05, 4.69) is 0 Å². The Hall–Kier alpha value is -2.46. The Morgan fingerprint density at radius 1 is 1.11 bits per heavy atom. The van der Waals surface area contributed by atoms with Crippen LogP contribution in [0.15, 0.2) is 53.4 Å². The summed E-state index contributed by atoms with van der Waals surface area (Å²) in [6.45, 7) is -2.05. The number of alkyl halides is 3. The van der Waals surface area contributed by atoms with Crippen molar-refractivity contribution in [2.24, 2.45) is 0 Å². The minimum absolute atomic E-state index is 0.0565. The zero-order chi connectivity index (χ0) is 20.9. The molecule has 2 rings (SSSR count). The fraction of sp³-hybridized carbons (Fsp3) is 0.235. The maximum absolute atomic E-state index is 12.6. The summed E-state index contributed by atoms with van der Waals surface area (Å²) in [5.74, 6) is -0.730. The standard InChI is InChI=1S/C17H16ClF3N2O4S/c1-23(28(25,26)15-8-2-12(18)3-9-15)13-4-6-14(7-5-13)27-10-16(24)22-11-17(19,20)21/h2-9H,10-11H2,1H3,(H,22,24). The zero-order valence-corrected chi connectivity index (χ0v) is 16.1. The highest BCUT2D eigenvalue weighted by molar-refractivity contribution is 7.92. The Bertz CT molecular complexity index is 917. The van der Waals surface area contributed by atoms with E-state index in [0.29, 0.717) is 10.7 Å². The van der Waals surface area contributed by atoms with Gasteiger partial charge in [-0.1, -0.05) is 11.6 Å². The third kappa shape index (κ3) is 6.03. The van der Waals surface area contributed by atoms with E-state index in [4.69, 9.17) is 16.3 Å². The average Bonchev–Trinajstić information content (AvgIpc) is 2.64. The molecule has 0 fully saturated rings. The van der Waals surface area contributed by atoms with Crippen LogP contribution < -0.4 is 14.4 Å². The Labute approximate surface area is 164 Å². The van der Waals surface area contributed by atoms with Crippen LogP contribution in [0, 0.1) is 0 Å². The number of ether oxygens (including phenoxy) is 1. The first-order valence-electron chi connectivity index (χ1n) is 7.80. The highest BCUT2D eigenvalue weighted by Gasteiger charge is 2.27. The highest BCUT2D eigenvalue weighted by Crippen LogP contribution is 2.25. The Morgan fingerprint density at radius 3 is 2.21 bits per heavy atom. The lowest BCUT2D eigenvalue weighted by molar-refractivity contribution is -0.139. The largest absolute Gasteiger partial charge is 0.484 e. The number of halogens is 4. The molecule has 1 amide bonds. The molecule has 0 saturated heterocycles. The summed E-state index contributed by atoms with van der Waals surface area (Å²) in [4.78, 5) is 11.4. The summed E-state index contributed by atoms with van der Waals surface area (Å²) in [6.07, 6.45) is -4.50. The predicted octanol–water partition coefficient (Wildman–Crippen LogP) is 3.22. The minimum Gasteiger partial charge on any atom is -0.484 e. The van der Waals surface area contributed by atoms with Crippen LogP contribution >= 0.6 is 11.6 Å². The van der Waals surface area contributed by atoms with Gasteiger partial charge in [-0.3, -0.25) is 9.10 Å². The molecule has 0 aromatic heterocycles. The molecule has 11 heteroatoms. The van der Waals surface area contributed by atoms with Gasteiger partial charge in [0.05, 0.1) is 10.6 Å². The van der Waals surface area contributed by atoms with Gasteiger partial charge in [-0.05, 0) is 48.5 Å². The number of sulfonamides is 1. The van der Waals surface area contributed by atoms with Gasteiger partial charge in [0.2, 0.25) is 0 Å². The molecule has 0 radical (unpaired) electrons. The second-order valence-corrected chi connectivity index (χ2v) is 8.01. The lowest BCUT2D eigenvalue weighted by Gasteiger charge is -2.20. The lowest BCUT2D eigenvalue weighted by Crippen LogP contribution is -2.36. The van der Waals surface area contributed by atoms with E-state index in [1.807, 2.05) is 0 Å². The zero-order valence-electron chi connectivity index (χ0n) is 14.5. The van der Waals surface area contributed by atoms with Crippen molar-refractivity contribution in [1.29, 1.82) is 0 Å². The molecular weight excluding hydrogens is 421 g/mol. The smallest absolute Gasteiger partial charge is 0.405 e. The number of benzene rings is 2. The van der Waals surface area contributed by atoms with Gasteiger partial charge in [-0.15, -0.1) is 0 Å². The fourth-order valence-corrected chi connectivity index (χ4v) is 3.38. The van der Waals surface area contributed by atoms with Crippen molar-refractivity contribution in [2.75, 3.05) is 24.5 Å². The number of carbonyl (C=O) groups excluding carboxylic acids is 1. The quantitative estimate of drug-likeness (QED) is 0.723. The third-order valence-corrected chi connectivity index (χ3v) is 5.58. The van der Waals surface area contributed by atoms with Gasteiger partial charge in [0.1, 0.15) is 12.3 Å². The molecule has 1 N–H and O–H groups in total. The van der Waals surface area contributed by atoms with Gasteiger partial charge >= 0.3 is 6.18 Å². The number of carbonyl (C=O) groups is 1. The molecule has 0 saturated carbocycles. The van der Waals surface area contributed by atoms with Crippen LogP contribution in [0.25, 0.3) is 0 Å². The maximum atomic E-state index is 12.6. The number of amides is 1. The van der Waals surface area contributed by atoms with Crippen molar-refractivity contribution in [3.8, 4) is 5.75 Å². The van der Waals surface area contributed by atoms with Gasteiger partial charge in [0.15, 0.2) is 6.61 Å². The van der Waals surface area contributed by atoms with Crippen molar-refractivity contribution in [2.45, 2.75) is 11.1 Å². The second-order valence-electron chi connectivity index (χ2n) is 5.60. The van der Waals surface area contributed by atoms with E-state index in [1.54, 1.807) is 5.32 Å². The number of hydrogen-bond donors (Lipinski definition) is 1. The first-order chi connectivity index (χ1) is 13.0. The average molecular weight is 437 g/mol. The van der Waals surface area contributed by atoms with Gasteiger partial charge < -0.3 is 10.1 Å². The van der Waals surface area contributed by atoms with Crippen molar-refractivity contribution in [3.63, 3.8) is 0 Å². The monoisotopic (exact) mass is 436 g/mol. The normalized spacial score (nSPS) is 11.8. The van der Waals surface area contributed by atoms with Crippen LogP contribution in [0.4, 0.5) is 18.9 Å². The molecule has 0 aliphatic carbocycles. The van der Waals surface area contributed by atoms with E-state index in [0.717, 1.165) is 4.31 Å². The molecule has 0 heterocycles. The van der Waals surface area contributed by atoms with Crippen LogP contribution in [0.3, 0.4) is 0 Å². The molecule has 0 spiro atoms. The van der Waals surface area contributed by atoms with Crippen molar-refractivity contribution in [3.05, 3.63) is 53.6 Å². The molecule has 2 aromatic rings. The van der Waals surface area contributed by atoms with E-state index in [9.17, 15) is 26.4 Å². The number of anilines is 1. The molecular formula is C17H16ClF3N2O4S. The highest BCUT2D eigenvalue weighted by atomic mass is 35.5. The summed E-state index contributed by atoms with van der Waals surface area (Å²) >= 11 is 5.76. The van der Waals surface area contributed by atoms with E-state index < -0.39 is 35.3 Å². The fourth-order valence-electron chi connectivity index (χ4n) is 2.05. The van der Waals surface area contributed by atoms with Crippen LogP contribution in [-0.2, 0) is 14.8 Å². The number of hydrogen-bond acceptors (Lipinski definition) is 4. The SMILES string of the molecule is CN(c1ccc(OCC(=O)NCC(F)(F)F)cc1)S(=O)(=O)c1ccc(Cl)cc1. The summed E-state index contributed by atoms with van der Waals surface area (Å²) < 4.78 is 67.4. The Kier molecular flexibility index (Phi) is 6.78. The number of nitrogens with zero attached hydrogens (tertiary/aromatic N) is 1. The van der Waals surface area contributed by atoms with Crippen molar-refractivity contribution < 1.29 is 31.1 Å². The molecule has 0 aliphatic rings. The molecule has 28 heavy (non-hydrogen) atoms. The summed E-state index contributed by atoms with van der Waals surface area (Å²) in [5, 5.41) is 2.08. The van der Waals surface area contributed by atoms with Gasteiger partial charge in [-0.25, -0.2) is 8.42 Å². The van der Waals surface area contributed by atoms with Gasteiger partial charge in [0.25, 0.3) is 15.9 Å². The Balaban J connectivity index is 1.99. The van der Waals surface area contributed by atoms with Gasteiger partial charge in [-0.2, -0.15) is 13.2 Å². The van der Waals surface area contributed by atoms with Gasteiger partial charge in [0, 0.05) is 12.1 Å². The van der Waals surface area contributed by atoms with Crippen LogP contribution in [0.5, 0.6) is 5.75 Å². The lowest BCUT2D eigenvalue weighted by atomic mass is 10.3. The summed E-state index contributed by atoms with van der Waals surface area (Å²) in [6, 6.07) is 11.4. The molecule has 0 unspecified atom stereocenters. The topological polar surface area (TPSA) is 75.7 Å². The maximum Gasteiger partial charge on any atom is 0.405 e. The molecule has 0 aliphatic heterocycles. The number of nitrogens with one attached hydrogen (secondary N) is 1. The number of rotatable bonds is 7. The third-order valence-electron chi connectivity index (χ3n) is 3.53. The van der Waals surface area contributed by atoms with Crippen LogP contribution in [-0.4, -0.2) is 40.7 Å². The van der Waals surface area contributed by atoms with Crippen molar-refractivity contribution in [1.82, 2.24) is 5.32 Å². The molecule has 152 valence electrons.